The molecule has 0 atom stereocenters. The molecule has 0 saturated heterocycles. The Hall–Kier alpha value is -2.81. The number of halogens is 1. The fourth-order valence-corrected chi connectivity index (χ4v) is 2.31. The number of esters is 1. The van der Waals surface area contributed by atoms with Gasteiger partial charge in [0.05, 0.1) is 14.2 Å². The van der Waals surface area contributed by atoms with Crippen LogP contribution in [0.15, 0.2) is 43.8 Å². The Morgan fingerprint density at radius 1 is 1.16 bits per heavy atom. The van der Waals surface area contributed by atoms with Crippen LogP contribution >= 0.6 is 15.9 Å². The molecule has 3 rings (SSSR count). The van der Waals surface area contributed by atoms with E-state index < -0.39 is 5.97 Å². The Bertz CT molecular complexity index is 888. The molecule has 0 aliphatic carbocycles. The van der Waals surface area contributed by atoms with Crippen LogP contribution in [0.1, 0.15) is 16.2 Å². The van der Waals surface area contributed by atoms with Crippen molar-refractivity contribution in [2.75, 3.05) is 14.2 Å². The maximum Gasteiger partial charge on any atom is 0.341 e. The third-order valence-corrected chi connectivity index (χ3v) is 3.62. The standard InChI is InChI=1S/C16H13BrN2O6/c1-21-9-3-4-10(16(20)22-2)12(7-9)23-8-14-18-19-15(25-14)11-5-6-13(17)24-11/h3-7H,8H2,1-2H3. The van der Waals surface area contributed by atoms with Gasteiger partial charge >= 0.3 is 5.97 Å². The molecule has 1 aromatic carbocycles. The van der Waals surface area contributed by atoms with Crippen molar-refractivity contribution in [1.82, 2.24) is 10.2 Å². The lowest BCUT2D eigenvalue weighted by Gasteiger charge is -2.10. The van der Waals surface area contributed by atoms with E-state index in [2.05, 4.69) is 26.1 Å². The summed E-state index contributed by atoms with van der Waals surface area (Å²) in [4.78, 5) is 11.8. The predicted octanol–water partition coefficient (Wildman–Crippen LogP) is 3.47. The molecular weight excluding hydrogens is 396 g/mol. The number of hydrogen-bond donors (Lipinski definition) is 0. The summed E-state index contributed by atoms with van der Waals surface area (Å²) < 4.78 is 26.9. The van der Waals surface area contributed by atoms with Gasteiger partial charge in [-0.15, -0.1) is 10.2 Å². The van der Waals surface area contributed by atoms with Gasteiger partial charge in [0.25, 0.3) is 11.8 Å². The van der Waals surface area contributed by atoms with Gasteiger partial charge in [-0.3, -0.25) is 0 Å². The van der Waals surface area contributed by atoms with Crippen molar-refractivity contribution in [2.24, 2.45) is 0 Å². The highest BCUT2D eigenvalue weighted by atomic mass is 79.9. The lowest BCUT2D eigenvalue weighted by Crippen LogP contribution is -2.06. The molecule has 8 nitrogen and oxygen atoms in total. The summed E-state index contributed by atoms with van der Waals surface area (Å²) in [6, 6.07) is 8.18. The third kappa shape index (κ3) is 3.82. The SMILES string of the molecule is COC(=O)c1ccc(OC)cc1OCc1nnc(-c2ccc(Br)o2)o1. The van der Waals surface area contributed by atoms with E-state index in [0.29, 0.717) is 16.2 Å². The molecule has 2 heterocycles. The van der Waals surface area contributed by atoms with E-state index in [4.69, 9.17) is 23.0 Å². The van der Waals surface area contributed by atoms with E-state index in [0.717, 1.165) is 0 Å². The van der Waals surface area contributed by atoms with Gasteiger partial charge in [-0.25, -0.2) is 4.79 Å². The second-order valence-corrected chi connectivity index (χ2v) is 5.53. The molecule has 9 heteroatoms. The van der Waals surface area contributed by atoms with E-state index in [1.807, 2.05) is 0 Å². The molecule has 130 valence electrons. The first-order chi connectivity index (χ1) is 12.1. The third-order valence-electron chi connectivity index (χ3n) is 3.20. The number of furan rings is 1. The summed E-state index contributed by atoms with van der Waals surface area (Å²) in [7, 11) is 2.81. The fourth-order valence-electron chi connectivity index (χ4n) is 2.01. The van der Waals surface area contributed by atoms with Gasteiger partial charge in [-0.2, -0.15) is 0 Å². The predicted molar refractivity (Wildman–Crippen MR) is 88.4 cm³/mol. The van der Waals surface area contributed by atoms with Crippen molar-refractivity contribution in [1.29, 1.82) is 0 Å². The smallest absolute Gasteiger partial charge is 0.341 e. The Labute approximate surface area is 150 Å². The normalized spacial score (nSPS) is 10.5. The van der Waals surface area contributed by atoms with Gasteiger partial charge in [0.15, 0.2) is 17.0 Å². The second-order valence-electron chi connectivity index (χ2n) is 4.75. The number of nitrogens with zero attached hydrogens (tertiary/aromatic N) is 2. The van der Waals surface area contributed by atoms with Gasteiger partial charge in [0.2, 0.25) is 0 Å². The number of hydrogen-bond acceptors (Lipinski definition) is 8. The van der Waals surface area contributed by atoms with Crippen LogP contribution in [-0.2, 0) is 11.3 Å². The number of rotatable bonds is 6. The molecule has 25 heavy (non-hydrogen) atoms. The summed E-state index contributed by atoms with van der Waals surface area (Å²) in [5.74, 6) is 1.18. The zero-order valence-electron chi connectivity index (χ0n) is 13.3. The van der Waals surface area contributed by atoms with Crippen LogP contribution in [0.2, 0.25) is 0 Å². The lowest BCUT2D eigenvalue weighted by molar-refractivity contribution is 0.0595. The molecule has 3 aromatic rings. The maximum absolute atomic E-state index is 11.8. The van der Waals surface area contributed by atoms with Crippen LogP contribution in [0.25, 0.3) is 11.7 Å². The van der Waals surface area contributed by atoms with Crippen LogP contribution in [-0.4, -0.2) is 30.4 Å². The lowest BCUT2D eigenvalue weighted by atomic mass is 10.2. The first-order valence-corrected chi connectivity index (χ1v) is 7.87. The van der Waals surface area contributed by atoms with E-state index in [9.17, 15) is 4.79 Å². The molecule has 2 aromatic heterocycles. The Balaban J connectivity index is 1.77. The minimum Gasteiger partial charge on any atom is -0.497 e. The molecule has 0 N–H and O–H groups in total. The maximum atomic E-state index is 11.8. The first kappa shape index (κ1) is 17.0. The zero-order valence-corrected chi connectivity index (χ0v) is 14.9. The van der Waals surface area contributed by atoms with Crippen LogP contribution in [0.5, 0.6) is 11.5 Å². The number of carbonyl (C=O) groups excluding carboxylic acids is 1. The Morgan fingerprint density at radius 3 is 2.68 bits per heavy atom. The Kier molecular flexibility index (Phi) is 5.03. The van der Waals surface area contributed by atoms with E-state index in [1.165, 1.54) is 14.2 Å². The van der Waals surface area contributed by atoms with Gasteiger partial charge in [0, 0.05) is 6.07 Å². The average Bonchev–Trinajstić information content (AvgIpc) is 3.27. The fraction of sp³-hybridized carbons (Fsp3) is 0.188. The van der Waals surface area contributed by atoms with Gasteiger partial charge in [-0.1, -0.05) is 0 Å². The summed E-state index contributed by atoms with van der Waals surface area (Å²) in [6.07, 6.45) is 0. The number of benzene rings is 1. The molecule has 0 unspecified atom stereocenters. The highest BCUT2D eigenvalue weighted by Gasteiger charge is 2.17. The molecule has 0 radical (unpaired) electrons. The Morgan fingerprint density at radius 2 is 2.00 bits per heavy atom. The van der Waals surface area contributed by atoms with Crippen molar-refractivity contribution < 1.29 is 27.8 Å². The minimum absolute atomic E-state index is 0.0357. The molecule has 0 aliphatic rings. The molecule has 0 fully saturated rings. The highest BCUT2D eigenvalue weighted by molar-refractivity contribution is 9.10. The van der Waals surface area contributed by atoms with Gasteiger partial charge in [0.1, 0.15) is 17.1 Å². The molecular formula is C16H13BrN2O6. The van der Waals surface area contributed by atoms with Crippen LogP contribution in [0.4, 0.5) is 0 Å². The molecule has 0 bridgehead atoms. The van der Waals surface area contributed by atoms with Crippen molar-refractivity contribution in [3.05, 3.63) is 46.5 Å². The van der Waals surface area contributed by atoms with E-state index in [1.54, 1.807) is 30.3 Å². The minimum atomic E-state index is -0.524. The van der Waals surface area contributed by atoms with Crippen LogP contribution < -0.4 is 9.47 Å². The molecule has 0 spiro atoms. The van der Waals surface area contributed by atoms with E-state index >= 15 is 0 Å². The molecule has 0 saturated carbocycles. The quantitative estimate of drug-likeness (QED) is 0.571. The first-order valence-electron chi connectivity index (χ1n) is 7.08. The zero-order chi connectivity index (χ0) is 17.8. The number of ether oxygens (including phenoxy) is 3. The summed E-state index contributed by atoms with van der Waals surface area (Å²) in [5.41, 5.74) is 0.262. The van der Waals surface area contributed by atoms with E-state index in [-0.39, 0.29) is 29.7 Å². The van der Waals surface area contributed by atoms with Crippen LogP contribution in [0, 0.1) is 0 Å². The van der Waals surface area contributed by atoms with Crippen molar-refractivity contribution in [3.63, 3.8) is 0 Å². The van der Waals surface area contributed by atoms with Crippen molar-refractivity contribution in [3.8, 4) is 23.1 Å². The average molecular weight is 409 g/mol. The summed E-state index contributed by atoms with van der Waals surface area (Å²) in [6.45, 7) is -0.0357. The highest BCUT2D eigenvalue weighted by Crippen LogP contribution is 2.27. The molecule has 0 amide bonds. The van der Waals surface area contributed by atoms with Gasteiger partial charge < -0.3 is 23.0 Å². The molecule has 0 aliphatic heterocycles. The van der Waals surface area contributed by atoms with Crippen LogP contribution in [0.3, 0.4) is 0 Å². The number of carbonyl (C=O) groups is 1. The number of aromatic nitrogens is 2. The summed E-state index contributed by atoms with van der Waals surface area (Å²) >= 11 is 3.20. The number of methoxy groups -OCH3 is 2. The van der Waals surface area contributed by atoms with Crippen molar-refractivity contribution >= 4 is 21.9 Å². The monoisotopic (exact) mass is 408 g/mol. The topological polar surface area (TPSA) is 96.8 Å². The largest absolute Gasteiger partial charge is 0.497 e. The summed E-state index contributed by atoms with van der Waals surface area (Å²) in [5, 5.41) is 7.78. The van der Waals surface area contributed by atoms with Gasteiger partial charge in [-0.05, 0) is 40.2 Å². The van der Waals surface area contributed by atoms with Crippen molar-refractivity contribution in [2.45, 2.75) is 6.61 Å². The second kappa shape index (κ2) is 7.39.